The topological polar surface area (TPSA) is 38.7 Å². The Balaban J connectivity index is 1.96. The highest BCUT2D eigenvalue weighted by atomic mass is 32.1. The monoisotopic (exact) mass is 253 g/mol. The van der Waals surface area contributed by atoms with Gasteiger partial charge in [-0.3, -0.25) is 0 Å². The van der Waals surface area contributed by atoms with Gasteiger partial charge in [-0.15, -0.1) is 5.10 Å². The molecule has 0 amide bonds. The van der Waals surface area contributed by atoms with Crippen molar-refractivity contribution in [2.45, 2.75) is 6.92 Å². The maximum Gasteiger partial charge on any atom is 0.0982 e. The van der Waals surface area contributed by atoms with Crippen molar-refractivity contribution < 1.29 is 0 Å². The summed E-state index contributed by atoms with van der Waals surface area (Å²) in [5, 5.41) is 7.03. The van der Waals surface area contributed by atoms with E-state index in [0.29, 0.717) is 0 Å². The highest BCUT2D eigenvalue weighted by Gasteiger charge is 1.97. The van der Waals surface area contributed by atoms with Crippen LogP contribution >= 0.6 is 11.5 Å². The molecule has 88 valence electrons. The Hall–Kier alpha value is -2.07. The van der Waals surface area contributed by atoms with Crippen molar-refractivity contribution in [3.63, 3.8) is 0 Å². The first-order valence-corrected chi connectivity index (χ1v) is 6.47. The van der Waals surface area contributed by atoms with Crippen LogP contribution in [0.2, 0.25) is 0 Å². The molecule has 0 atom stereocenters. The first-order chi connectivity index (χ1) is 8.81. The first-order valence-electron chi connectivity index (χ1n) is 5.64. The van der Waals surface area contributed by atoms with Gasteiger partial charge in [0.05, 0.1) is 16.9 Å². The zero-order chi connectivity index (χ0) is 12.4. The molecular weight excluding hydrogens is 242 g/mol. The average molecular weight is 253 g/mol. The summed E-state index contributed by atoms with van der Waals surface area (Å²) in [5.41, 5.74) is 4.06. The number of aryl methyl sites for hydroxylation is 1. The second-order valence-corrected chi connectivity index (χ2v) is 4.71. The van der Waals surface area contributed by atoms with Crippen molar-refractivity contribution in [3.8, 4) is 0 Å². The molecule has 0 fully saturated rings. The number of rotatable bonds is 2. The predicted octanol–water partition coefficient (Wildman–Crippen LogP) is 3.57. The first kappa shape index (κ1) is 11.0. The molecule has 2 aromatic heterocycles. The third-order valence-electron chi connectivity index (χ3n) is 2.67. The van der Waals surface area contributed by atoms with Crippen LogP contribution in [-0.2, 0) is 0 Å². The molecule has 2 heterocycles. The minimum Gasteiger partial charge on any atom is -0.248 e. The molecule has 18 heavy (non-hydrogen) atoms. The van der Waals surface area contributed by atoms with Crippen LogP contribution in [0.5, 0.6) is 0 Å². The molecule has 4 heteroatoms. The standard InChI is InChI=1S/C14H11N3S/c1-10-2-7-14-11(8-10)3-4-12(15-14)5-6-13-9-18-17-16-13/h2-9H,1H3/b6-5+. The number of hydrogen-bond donors (Lipinski definition) is 0. The summed E-state index contributed by atoms with van der Waals surface area (Å²) in [7, 11) is 0. The van der Waals surface area contributed by atoms with Crippen molar-refractivity contribution in [2.75, 3.05) is 0 Å². The van der Waals surface area contributed by atoms with Gasteiger partial charge < -0.3 is 0 Å². The molecule has 0 radical (unpaired) electrons. The van der Waals surface area contributed by atoms with Crippen LogP contribution in [0.25, 0.3) is 23.1 Å². The molecule has 0 spiro atoms. The van der Waals surface area contributed by atoms with E-state index in [2.05, 4.69) is 39.7 Å². The zero-order valence-corrected chi connectivity index (χ0v) is 10.7. The fourth-order valence-corrected chi connectivity index (χ4v) is 2.19. The van der Waals surface area contributed by atoms with Crippen LogP contribution in [-0.4, -0.2) is 14.6 Å². The quantitative estimate of drug-likeness (QED) is 0.701. The van der Waals surface area contributed by atoms with Gasteiger partial charge in [0.15, 0.2) is 0 Å². The van der Waals surface area contributed by atoms with E-state index in [9.17, 15) is 0 Å². The van der Waals surface area contributed by atoms with Crippen LogP contribution in [0.15, 0.2) is 35.7 Å². The van der Waals surface area contributed by atoms with E-state index < -0.39 is 0 Å². The number of benzene rings is 1. The highest BCUT2D eigenvalue weighted by Crippen LogP contribution is 2.15. The largest absolute Gasteiger partial charge is 0.248 e. The van der Waals surface area contributed by atoms with Crippen LogP contribution in [0.4, 0.5) is 0 Å². The number of pyridine rings is 1. The van der Waals surface area contributed by atoms with E-state index in [1.54, 1.807) is 0 Å². The van der Waals surface area contributed by atoms with Gasteiger partial charge in [0.25, 0.3) is 0 Å². The third-order valence-corrected chi connectivity index (χ3v) is 3.19. The van der Waals surface area contributed by atoms with Crippen molar-refractivity contribution in [1.82, 2.24) is 14.6 Å². The molecule has 0 aliphatic rings. The lowest BCUT2D eigenvalue weighted by Crippen LogP contribution is -1.84. The molecule has 3 nitrogen and oxygen atoms in total. The van der Waals surface area contributed by atoms with Crippen LogP contribution < -0.4 is 0 Å². The normalized spacial score (nSPS) is 11.4. The Morgan fingerprint density at radius 1 is 1.06 bits per heavy atom. The summed E-state index contributed by atoms with van der Waals surface area (Å²) in [5.74, 6) is 0. The molecule has 0 saturated heterocycles. The van der Waals surface area contributed by atoms with E-state index in [-0.39, 0.29) is 0 Å². The minimum absolute atomic E-state index is 0.866. The van der Waals surface area contributed by atoms with Crippen molar-refractivity contribution in [2.24, 2.45) is 0 Å². The van der Waals surface area contributed by atoms with Gasteiger partial charge in [-0.05, 0) is 48.8 Å². The summed E-state index contributed by atoms with van der Waals surface area (Å²) in [6, 6.07) is 10.4. The van der Waals surface area contributed by atoms with E-state index in [1.165, 1.54) is 22.5 Å². The smallest absolute Gasteiger partial charge is 0.0982 e. The maximum atomic E-state index is 4.58. The zero-order valence-electron chi connectivity index (χ0n) is 9.87. The second-order valence-electron chi connectivity index (χ2n) is 4.10. The molecule has 0 bridgehead atoms. The predicted molar refractivity (Wildman–Crippen MR) is 75.3 cm³/mol. The Morgan fingerprint density at radius 2 is 1.94 bits per heavy atom. The Kier molecular flexibility index (Phi) is 2.86. The Bertz CT molecular complexity index is 702. The summed E-state index contributed by atoms with van der Waals surface area (Å²) in [6.45, 7) is 2.09. The van der Waals surface area contributed by atoms with Gasteiger partial charge in [-0.2, -0.15) is 0 Å². The van der Waals surface area contributed by atoms with Gasteiger partial charge in [-0.25, -0.2) is 4.98 Å². The lowest BCUT2D eigenvalue weighted by Gasteiger charge is -2.00. The molecule has 0 saturated carbocycles. The maximum absolute atomic E-state index is 4.58. The molecule has 0 unspecified atom stereocenters. The van der Waals surface area contributed by atoms with Crippen LogP contribution in [0.3, 0.4) is 0 Å². The molecule has 0 aliphatic carbocycles. The average Bonchev–Trinajstić information content (AvgIpc) is 2.89. The van der Waals surface area contributed by atoms with Crippen molar-refractivity contribution in [1.29, 1.82) is 0 Å². The number of hydrogen-bond acceptors (Lipinski definition) is 4. The van der Waals surface area contributed by atoms with Crippen LogP contribution in [0, 0.1) is 6.92 Å². The number of nitrogens with zero attached hydrogens (tertiary/aromatic N) is 3. The van der Waals surface area contributed by atoms with Crippen molar-refractivity contribution in [3.05, 3.63) is 52.7 Å². The SMILES string of the molecule is Cc1ccc2nc(/C=C/c3csnn3)ccc2c1. The minimum atomic E-state index is 0.866. The molecule has 0 N–H and O–H groups in total. The number of aromatic nitrogens is 3. The Morgan fingerprint density at radius 3 is 2.78 bits per heavy atom. The number of fused-ring (bicyclic) bond motifs is 1. The molecule has 0 aliphatic heterocycles. The van der Waals surface area contributed by atoms with E-state index in [0.717, 1.165) is 16.9 Å². The summed E-state index contributed by atoms with van der Waals surface area (Å²) in [4.78, 5) is 4.58. The summed E-state index contributed by atoms with van der Waals surface area (Å²) < 4.78 is 3.81. The van der Waals surface area contributed by atoms with Crippen LogP contribution in [0.1, 0.15) is 17.0 Å². The molecule has 1 aromatic carbocycles. The van der Waals surface area contributed by atoms with Gasteiger partial charge in [0.1, 0.15) is 0 Å². The summed E-state index contributed by atoms with van der Waals surface area (Å²) in [6.07, 6.45) is 3.88. The molecule has 3 aromatic rings. The van der Waals surface area contributed by atoms with E-state index in [1.807, 2.05) is 29.7 Å². The fourth-order valence-electron chi connectivity index (χ4n) is 1.77. The third kappa shape index (κ3) is 2.28. The van der Waals surface area contributed by atoms with Gasteiger partial charge >= 0.3 is 0 Å². The van der Waals surface area contributed by atoms with E-state index >= 15 is 0 Å². The summed E-state index contributed by atoms with van der Waals surface area (Å²) >= 11 is 1.35. The second kappa shape index (κ2) is 4.66. The van der Waals surface area contributed by atoms with Gasteiger partial charge in [0.2, 0.25) is 0 Å². The van der Waals surface area contributed by atoms with Crippen molar-refractivity contribution >= 4 is 34.6 Å². The fraction of sp³-hybridized carbons (Fsp3) is 0.0714. The van der Waals surface area contributed by atoms with Gasteiger partial charge in [0, 0.05) is 10.8 Å². The highest BCUT2D eigenvalue weighted by molar-refractivity contribution is 7.03. The van der Waals surface area contributed by atoms with E-state index in [4.69, 9.17) is 0 Å². The van der Waals surface area contributed by atoms with Gasteiger partial charge in [-0.1, -0.05) is 22.2 Å². The molecule has 3 rings (SSSR count). The lowest BCUT2D eigenvalue weighted by atomic mass is 10.1. The lowest BCUT2D eigenvalue weighted by molar-refractivity contribution is 1.14. The Labute approximate surface area is 109 Å². The molecular formula is C14H11N3S.